The maximum absolute atomic E-state index is 11.8. The van der Waals surface area contributed by atoms with Gasteiger partial charge in [0.2, 0.25) is 30.9 Å². The smallest absolute Gasteiger partial charge is 1.00 e. The van der Waals surface area contributed by atoms with E-state index in [9.17, 15) is 26.4 Å². The number of primary amides is 2. The molecule has 3 rings (SSSR count). The molecule has 5 N–H and O–H groups in total. The van der Waals surface area contributed by atoms with E-state index in [-0.39, 0.29) is 138 Å². The van der Waals surface area contributed by atoms with Gasteiger partial charge in [0.25, 0.3) is 0 Å². The number of carbonyl (C=O) groups excluding carboxylic acids is 2. The molecular weight excluding hydrogens is 778 g/mol. The number of nitrogens with zero attached hydrogens (tertiary/aromatic N) is 1. The molecule has 1 saturated carbocycles. The van der Waals surface area contributed by atoms with Crippen LogP contribution < -0.4 is 16.8 Å². The van der Waals surface area contributed by atoms with Crippen molar-refractivity contribution in [3.63, 3.8) is 0 Å². The van der Waals surface area contributed by atoms with Crippen LogP contribution in [0.5, 0.6) is 0 Å². The summed E-state index contributed by atoms with van der Waals surface area (Å²) in [5, 5.41) is 3.01. The third-order valence-corrected chi connectivity index (χ3v) is 9.33. The fourth-order valence-electron chi connectivity index (χ4n) is 3.30. The Bertz CT molecular complexity index is 837. The second kappa shape index (κ2) is 19.5. The Hall–Kier alpha value is 2.48. The topological polar surface area (TPSA) is 170 Å². The number of sulfonamides is 1. The van der Waals surface area contributed by atoms with E-state index in [2.05, 4.69) is 5.32 Å². The van der Waals surface area contributed by atoms with Gasteiger partial charge in [0.1, 0.15) is 0 Å². The van der Waals surface area contributed by atoms with E-state index in [0.717, 1.165) is 38.8 Å². The molecule has 2 heterocycles. The first-order valence-electron chi connectivity index (χ1n) is 10.6. The van der Waals surface area contributed by atoms with Gasteiger partial charge in [-0.2, -0.15) is 0 Å². The summed E-state index contributed by atoms with van der Waals surface area (Å²) in [6.07, 6.45) is 4.97. The van der Waals surface area contributed by atoms with Crippen LogP contribution in [0.25, 0.3) is 0 Å². The Morgan fingerprint density at radius 3 is 1.62 bits per heavy atom. The Kier molecular flexibility index (Phi) is 22.2. The molecular formula is C18H38Ba2Cl2N4O6S2. The van der Waals surface area contributed by atoms with E-state index >= 15 is 0 Å². The maximum Gasteiger partial charge on any atom is 2.00 e. The van der Waals surface area contributed by atoms with E-state index in [0.29, 0.717) is 38.2 Å². The molecule has 16 heteroatoms. The van der Waals surface area contributed by atoms with Crippen molar-refractivity contribution in [1.29, 1.82) is 0 Å². The second-order valence-electron chi connectivity index (χ2n) is 8.03. The van der Waals surface area contributed by atoms with Crippen LogP contribution in [0.3, 0.4) is 0 Å². The molecule has 3 aliphatic rings. The first-order valence-corrected chi connectivity index (χ1v) is 15.2. The average Bonchev–Trinajstić information content (AvgIpc) is 3.59. The van der Waals surface area contributed by atoms with Crippen molar-refractivity contribution in [1.82, 2.24) is 9.62 Å². The largest absolute Gasteiger partial charge is 2.00 e. The van der Waals surface area contributed by atoms with E-state index in [1.54, 1.807) is 0 Å². The molecule has 0 spiro atoms. The summed E-state index contributed by atoms with van der Waals surface area (Å²) in [5.74, 6) is -0.152. The summed E-state index contributed by atoms with van der Waals surface area (Å²) in [6, 6.07) is 0. The first-order chi connectivity index (χ1) is 14.9. The van der Waals surface area contributed by atoms with Crippen molar-refractivity contribution in [3.8, 4) is 0 Å². The zero-order valence-corrected chi connectivity index (χ0v) is 31.5. The fourth-order valence-corrected chi connectivity index (χ4v) is 6.29. The summed E-state index contributed by atoms with van der Waals surface area (Å²) < 4.78 is 45.4. The van der Waals surface area contributed by atoms with Gasteiger partial charge in [0.15, 0.2) is 0 Å². The van der Waals surface area contributed by atoms with Gasteiger partial charge in [-0.15, -0.1) is 11.6 Å². The quantitative estimate of drug-likeness (QED) is 0.185. The minimum atomic E-state index is -3.30. The molecule has 0 aromatic heterocycles. The van der Waals surface area contributed by atoms with Gasteiger partial charge in [-0.05, 0) is 58.0 Å². The van der Waals surface area contributed by atoms with Crippen LogP contribution in [0.4, 0.5) is 0 Å². The van der Waals surface area contributed by atoms with Crippen molar-refractivity contribution in [2.45, 2.75) is 50.2 Å². The molecule has 1 aliphatic carbocycles. The predicted octanol–water partition coefficient (Wildman–Crippen LogP) is 0.0195. The Balaban J connectivity index is -0.0000000991. The van der Waals surface area contributed by atoms with Gasteiger partial charge in [-0.25, -0.2) is 21.1 Å². The van der Waals surface area contributed by atoms with Crippen LogP contribution in [0, 0.1) is 11.8 Å². The summed E-state index contributed by atoms with van der Waals surface area (Å²) in [7, 11) is -1.53. The number of rotatable bonds is 7. The number of hydrogen-bond donors (Lipinski definition) is 3. The predicted molar refractivity (Wildman–Crippen MR) is 141 cm³/mol. The molecule has 2 aliphatic heterocycles. The minimum Gasteiger partial charge on any atom is -1.00 e. The molecule has 10 nitrogen and oxygen atoms in total. The van der Waals surface area contributed by atoms with Crippen LogP contribution in [-0.2, 0) is 28.7 Å². The van der Waals surface area contributed by atoms with Gasteiger partial charge in [-0.3, -0.25) is 9.59 Å². The summed E-state index contributed by atoms with van der Waals surface area (Å²) in [6.45, 7) is 2.78. The molecule has 34 heavy (non-hydrogen) atoms. The molecule has 0 radical (unpaired) electrons. The van der Waals surface area contributed by atoms with E-state index < -0.39 is 19.1 Å². The van der Waals surface area contributed by atoms with E-state index in [1.165, 1.54) is 4.31 Å². The maximum atomic E-state index is 11.8. The average molecular weight is 816 g/mol. The van der Waals surface area contributed by atoms with Gasteiger partial charge < -0.3 is 22.5 Å². The first kappa shape index (κ1) is 38.6. The van der Waals surface area contributed by atoms with Crippen LogP contribution in [-0.4, -0.2) is 174 Å². The van der Waals surface area contributed by atoms with E-state index in [1.807, 2.05) is 0 Å². The number of hydrogen-bond acceptors (Lipinski definition) is 7. The third-order valence-electron chi connectivity index (χ3n) is 5.43. The van der Waals surface area contributed by atoms with E-state index in [4.69, 9.17) is 33.8 Å². The Morgan fingerprint density at radius 1 is 0.882 bits per heavy atom. The molecule has 0 unspecified atom stereocenters. The Labute approximate surface area is 299 Å². The summed E-state index contributed by atoms with van der Waals surface area (Å²) in [5.41, 5.74) is 10.3. The number of carbonyl (C=O) groups is 2. The molecule has 2 saturated heterocycles. The van der Waals surface area contributed by atoms with Crippen LogP contribution in [0.2, 0.25) is 0 Å². The zero-order chi connectivity index (χ0) is 24.4. The number of nitrogens with two attached hydrogens (primary N) is 2. The number of halogens is 2. The SMILES string of the molecule is NC(=O)C1CCN(S(=O)(=O)C2CC2)CC1.NC(=O)C1CCNCC1.O=S(=O)(Cl)CCCCl.[Ba+2].[Ba+2].[H-].[H-].[H-].[H-]. The molecule has 196 valence electrons. The van der Waals surface area contributed by atoms with Crippen molar-refractivity contribution in [3.05, 3.63) is 0 Å². The second-order valence-corrected chi connectivity index (χ2v) is 13.5. The van der Waals surface area contributed by atoms with Crippen molar-refractivity contribution in [2.24, 2.45) is 23.3 Å². The van der Waals surface area contributed by atoms with Crippen LogP contribution in [0.15, 0.2) is 0 Å². The molecule has 2 amide bonds. The summed E-state index contributed by atoms with van der Waals surface area (Å²) in [4.78, 5) is 21.5. The van der Waals surface area contributed by atoms with Crippen LogP contribution in [0.1, 0.15) is 50.7 Å². The standard InChI is InChI=1S/C9H16N2O3S.C6H12N2O.C3H6Cl2O2S.2Ba.4H/c10-9(12)7-3-5-11(6-4-7)15(13,14)8-1-2-8;7-6(9)5-1-3-8-4-2-5;4-2-1-3-8(5,6)7;;;;;;/h7-8H,1-6H2,(H2,10,12);5,8H,1-4H2,(H2,7,9);1-3H2;;;;;;/q;;;2*+2;4*-1. The minimum absolute atomic E-state index is 0. The molecule has 0 aromatic rings. The number of piperidine rings is 2. The number of alkyl halides is 1. The van der Waals surface area contributed by atoms with Crippen molar-refractivity contribution in [2.75, 3.05) is 37.8 Å². The van der Waals surface area contributed by atoms with Gasteiger partial charge in [0, 0.05) is 41.5 Å². The van der Waals surface area contributed by atoms with Gasteiger partial charge in [-0.1, -0.05) is 0 Å². The molecule has 0 aromatic carbocycles. The normalized spacial score (nSPS) is 19.7. The number of nitrogens with one attached hydrogen (secondary N) is 1. The van der Waals surface area contributed by atoms with Crippen LogP contribution >= 0.6 is 22.3 Å². The Morgan fingerprint density at radius 2 is 1.32 bits per heavy atom. The fraction of sp³-hybridized carbons (Fsp3) is 0.889. The molecule has 3 fully saturated rings. The third kappa shape index (κ3) is 16.4. The molecule has 0 atom stereocenters. The van der Waals surface area contributed by atoms with Crippen molar-refractivity contribution >= 4 is 151 Å². The molecule has 0 bridgehead atoms. The zero-order valence-electron chi connectivity index (χ0n) is 23.5. The van der Waals surface area contributed by atoms with Gasteiger partial charge in [0.05, 0.1) is 11.0 Å². The van der Waals surface area contributed by atoms with Gasteiger partial charge >= 0.3 is 97.8 Å². The summed E-state index contributed by atoms with van der Waals surface area (Å²) >= 11 is 5.18. The van der Waals surface area contributed by atoms with Crippen molar-refractivity contribution < 1.29 is 32.1 Å². The monoisotopic (exact) mass is 816 g/mol. The number of amides is 2.